The molecule has 0 N–H and O–H groups in total. The van der Waals surface area contributed by atoms with Crippen LogP contribution in [-0.2, 0) is 25.7 Å². The van der Waals surface area contributed by atoms with E-state index in [4.69, 9.17) is 6.13 Å². The van der Waals surface area contributed by atoms with Crippen molar-refractivity contribution in [2.24, 2.45) is 0 Å². The van der Waals surface area contributed by atoms with Crippen LogP contribution in [0.5, 0.6) is 0 Å². The molecule has 0 bridgehead atoms. The standard InChI is InChI=1S/C14H15IN2O6S/c1-10-4-6-14(7-5-10)24(20,21)17-9-13(8-16-17)15(22-11(2)18)23-12(3)19/h4-9H,1-3H3. The summed E-state index contributed by atoms with van der Waals surface area (Å²) in [5.41, 5.74) is 0.924. The number of hydrogen-bond acceptors (Lipinski definition) is 7. The Morgan fingerprint density at radius 3 is 2.12 bits per heavy atom. The fraction of sp³-hybridized carbons (Fsp3) is 0.214. The zero-order chi connectivity index (χ0) is 17.9. The number of aryl methyl sites for hydroxylation is 1. The zero-order valence-corrected chi connectivity index (χ0v) is 16.1. The monoisotopic (exact) mass is 466 g/mol. The molecular formula is C14H15IN2O6S. The Hall–Kier alpha value is -1.95. The third kappa shape index (κ3) is 4.32. The number of hydrogen-bond donors (Lipinski definition) is 0. The maximum atomic E-state index is 12.5. The van der Waals surface area contributed by atoms with Crippen LogP contribution in [0.4, 0.5) is 0 Å². The average molecular weight is 466 g/mol. The number of carbonyl (C=O) groups excluding carboxylic acids is 2. The van der Waals surface area contributed by atoms with Gasteiger partial charge in [0.05, 0.1) is 0 Å². The molecule has 1 aromatic heterocycles. The van der Waals surface area contributed by atoms with E-state index in [9.17, 15) is 18.0 Å². The Morgan fingerprint density at radius 2 is 1.62 bits per heavy atom. The minimum atomic E-state index is -3.88. The van der Waals surface area contributed by atoms with Crippen molar-refractivity contribution in [2.45, 2.75) is 25.7 Å². The van der Waals surface area contributed by atoms with Gasteiger partial charge in [-0.1, -0.05) is 0 Å². The van der Waals surface area contributed by atoms with E-state index in [1.807, 2.05) is 6.92 Å². The molecule has 1 aromatic carbocycles. The molecule has 0 amide bonds. The number of aromatic nitrogens is 2. The van der Waals surface area contributed by atoms with Crippen LogP contribution in [-0.4, -0.2) is 29.5 Å². The van der Waals surface area contributed by atoms with Crippen molar-refractivity contribution in [3.63, 3.8) is 0 Å². The molecule has 0 atom stereocenters. The van der Waals surface area contributed by atoms with Crippen molar-refractivity contribution in [1.82, 2.24) is 9.19 Å². The SMILES string of the molecule is CC(=O)OI(OC(C)=O)c1cnn(S(=O)(=O)c2ccc(C)cc2)c1. The van der Waals surface area contributed by atoms with Crippen LogP contribution >= 0.6 is 20.6 Å². The van der Waals surface area contributed by atoms with Crippen molar-refractivity contribution in [3.05, 3.63) is 45.8 Å². The molecule has 0 aliphatic carbocycles. The van der Waals surface area contributed by atoms with E-state index < -0.39 is 42.6 Å². The molecular weight excluding hydrogens is 451 g/mol. The number of rotatable bonds is 5. The number of carbonyl (C=O) groups is 2. The fourth-order valence-corrected chi connectivity index (χ4v) is 5.49. The summed E-state index contributed by atoms with van der Waals surface area (Å²) in [4.78, 5) is 22.4. The van der Waals surface area contributed by atoms with Gasteiger partial charge in [-0.2, -0.15) is 0 Å². The number of nitrogens with zero attached hydrogens (tertiary/aromatic N) is 2. The van der Waals surface area contributed by atoms with E-state index in [2.05, 4.69) is 5.10 Å². The quantitative estimate of drug-likeness (QED) is 0.622. The third-order valence-corrected chi connectivity index (χ3v) is 7.80. The van der Waals surface area contributed by atoms with Gasteiger partial charge in [0.1, 0.15) is 0 Å². The summed E-state index contributed by atoms with van der Waals surface area (Å²) in [6, 6.07) is 6.29. The van der Waals surface area contributed by atoms with Gasteiger partial charge in [0, 0.05) is 0 Å². The Kier molecular flexibility index (Phi) is 5.59. The summed E-state index contributed by atoms with van der Waals surface area (Å²) in [5.74, 6) is -1.23. The molecule has 0 aliphatic rings. The molecule has 2 aromatic rings. The first-order chi connectivity index (χ1) is 11.2. The van der Waals surface area contributed by atoms with Crippen LogP contribution in [0.15, 0.2) is 41.6 Å². The molecule has 0 radical (unpaired) electrons. The van der Waals surface area contributed by atoms with Gasteiger partial charge in [-0.25, -0.2) is 0 Å². The summed E-state index contributed by atoms with van der Waals surface area (Å²) >= 11 is -3.11. The Labute approximate surface area is 147 Å². The first-order valence-corrected chi connectivity index (χ1v) is 10.9. The third-order valence-electron chi connectivity index (χ3n) is 2.63. The molecule has 0 spiro atoms. The van der Waals surface area contributed by atoms with Crippen LogP contribution in [0, 0.1) is 10.5 Å². The van der Waals surface area contributed by atoms with Crippen molar-refractivity contribution in [3.8, 4) is 0 Å². The maximum absolute atomic E-state index is 12.5. The first-order valence-electron chi connectivity index (χ1n) is 6.65. The predicted molar refractivity (Wildman–Crippen MR) is 92.2 cm³/mol. The molecule has 0 unspecified atom stereocenters. The zero-order valence-electron chi connectivity index (χ0n) is 13.1. The Morgan fingerprint density at radius 1 is 1.08 bits per heavy atom. The van der Waals surface area contributed by atoms with E-state index >= 15 is 0 Å². The molecule has 1 heterocycles. The van der Waals surface area contributed by atoms with Crippen LogP contribution in [0.2, 0.25) is 0 Å². The van der Waals surface area contributed by atoms with Crippen molar-refractivity contribution in [2.75, 3.05) is 0 Å². The van der Waals surface area contributed by atoms with E-state index in [-0.39, 0.29) is 8.47 Å². The van der Waals surface area contributed by atoms with E-state index in [1.165, 1.54) is 38.4 Å². The Balaban J connectivity index is 2.35. The molecule has 0 saturated heterocycles. The van der Waals surface area contributed by atoms with Crippen molar-refractivity contribution in [1.29, 1.82) is 0 Å². The van der Waals surface area contributed by atoms with Gasteiger partial charge in [-0.05, 0) is 0 Å². The number of halogens is 1. The van der Waals surface area contributed by atoms with E-state index in [1.54, 1.807) is 12.1 Å². The molecule has 130 valence electrons. The topological polar surface area (TPSA) is 105 Å². The van der Waals surface area contributed by atoms with E-state index in [0.717, 1.165) is 9.65 Å². The van der Waals surface area contributed by atoms with Crippen molar-refractivity contribution < 1.29 is 24.1 Å². The molecule has 0 aliphatic heterocycles. The van der Waals surface area contributed by atoms with E-state index in [0.29, 0.717) is 0 Å². The van der Waals surface area contributed by atoms with Gasteiger partial charge in [0.2, 0.25) is 0 Å². The second-order valence-corrected chi connectivity index (χ2v) is 9.87. The second kappa shape index (κ2) is 7.30. The fourth-order valence-electron chi connectivity index (χ4n) is 1.62. The van der Waals surface area contributed by atoms with Gasteiger partial charge < -0.3 is 0 Å². The molecule has 2 rings (SSSR count). The second-order valence-electron chi connectivity index (χ2n) is 4.70. The normalized spacial score (nSPS) is 11.7. The van der Waals surface area contributed by atoms with Crippen LogP contribution in [0.1, 0.15) is 19.4 Å². The average Bonchev–Trinajstić information content (AvgIpc) is 2.96. The molecule has 0 saturated carbocycles. The Bertz CT molecular complexity index is 844. The van der Waals surface area contributed by atoms with Gasteiger partial charge in [0.15, 0.2) is 0 Å². The minimum absolute atomic E-state index is 0.0723. The van der Waals surface area contributed by atoms with Gasteiger partial charge in [-0.3, -0.25) is 0 Å². The van der Waals surface area contributed by atoms with Gasteiger partial charge >= 0.3 is 147 Å². The van der Waals surface area contributed by atoms with Crippen LogP contribution < -0.4 is 0 Å². The van der Waals surface area contributed by atoms with Crippen LogP contribution in [0.25, 0.3) is 0 Å². The molecule has 24 heavy (non-hydrogen) atoms. The van der Waals surface area contributed by atoms with Crippen molar-refractivity contribution >= 4 is 42.6 Å². The summed E-state index contributed by atoms with van der Waals surface area (Å²) in [7, 11) is -3.88. The molecule has 0 fully saturated rings. The summed E-state index contributed by atoms with van der Waals surface area (Å²) in [6.07, 6.45) is 2.42. The first kappa shape index (κ1) is 18.4. The van der Waals surface area contributed by atoms with Gasteiger partial charge in [0.25, 0.3) is 0 Å². The van der Waals surface area contributed by atoms with Crippen LogP contribution in [0.3, 0.4) is 0 Å². The molecule has 8 nitrogen and oxygen atoms in total. The van der Waals surface area contributed by atoms with Gasteiger partial charge in [-0.15, -0.1) is 0 Å². The molecule has 10 heteroatoms. The summed E-state index contributed by atoms with van der Waals surface area (Å²) in [5, 5.41) is 3.81. The number of benzene rings is 1. The summed E-state index contributed by atoms with van der Waals surface area (Å²) < 4.78 is 36.1. The summed E-state index contributed by atoms with van der Waals surface area (Å²) in [6.45, 7) is 4.21. The predicted octanol–water partition coefficient (Wildman–Crippen LogP) is 2.06.